The quantitative estimate of drug-likeness (QED) is 0.370. The lowest BCUT2D eigenvalue weighted by Gasteiger charge is -2.12. The average molecular weight is 460 g/mol. The maximum Gasteiger partial charge on any atom is 0.234 e. The van der Waals surface area contributed by atoms with Crippen molar-refractivity contribution in [3.63, 3.8) is 0 Å². The average Bonchev–Trinajstić information content (AvgIpc) is 3.23. The van der Waals surface area contributed by atoms with E-state index >= 15 is 0 Å². The molecule has 0 aliphatic rings. The molecule has 0 saturated heterocycles. The van der Waals surface area contributed by atoms with Crippen molar-refractivity contribution >= 4 is 23.4 Å². The van der Waals surface area contributed by atoms with Gasteiger partial charge in [-0.05, 0) is 80.4 Å². The molecule has 168 valence electrons. The van der Waals surface area contributed by atoms with Gasteiger partial charge < -0.3 is 10.1 Å². The summed E-state index contributed by atoms with van der Waals surface area (Å²) in [4.78, 5) is 16.7. The molecule has 1 N–H and O–H groups in total. The highest BCUT2D eigenvalue weighted by Gasteiger charge is 2.18. The molecule has 0 saturated carbocycles. The van der Waals surface area contributed by atoms with Crippen molar-refractivity contribution in [1.82, 2.24) is 19.7 Å². The topological polar surface area (TPSA) is 81.9 Å². The van der Waals surface area contributed by atoms with Gasteiger partial charge in [0.05, 0.1) is 18.0 Å². The van der Waals surface area contributed by atoms with Crippen molar-refractivity contribution in [1.29, 1.82) is 0 Å². The Morgan fingerprint density at radius 1 is 1.00 bits per heavy atom. The van der Waals surface area contributed by atoms with E-state index in [1.165, 1.54) is 11.8 Å². The summed E-state index contributed by atoms with van der Waals surface area (Å²) in [5.74, 6) is 1.56. The molecule has 7 nitrogen and oxygen atoms in total. The van der Waals surface area contributed by atoms with Gasteiger partial charge in [-0.15, -0.1) is 10.2 Å². The Morgan fingerprint density at radius 2 is 1.70 bits per heavy atom. The maximum absolute atomic E-state index is 12.6. The van der Waals surface area contributed by atoms with Crippen LogP contribution in [0, 0.1) is 13.8 Å². The summed E-state index contributed by atoms with van der Waals surface area (Å²) in [6.07, 6.45) is 3.46. The Bertz CT molecular complexity index is 1220. The monoisotopic (exact) mass is 459 g/mol. The van der Waals surface area contributed by atoms with Crippen LogP contribution in [0.15, 0.2) is 72.1 Å². The number of hydrogen-bond donors (Lipinski definition) is 1. The highest BCUT2D eigenvalue weighted by atomic mass is 32.2. The van der Waals surface area contributed by atoms with Gasteiger partial charge >= 0.3 is 0 Å². The van der Waals surface area contributed by atoms with Gasteiger partial charge in [-0.25, -0.2) is 0 Å². The molecule has 2 heterocycles. The number of pyridine rings is 1. The zero-order valence-electron chi connectivity index (χ0n) is 18.8. The van der Waals surface area contributed by atoms with Crippen LogP contribution in [0.5, 0.6) is 5.75 Å². The minimum Gasteiger partial charge on any atom is -0.494 e. The predicted molar refractivity (Wildman–Crippen MR) is 131 cm³/mol. The molecule has 0 unspecified atom stereocenters. The number of carbonyl (C=O) groups excluding carboxylic acids is 1. The first-order valence-corrected chi connectivity index (χ1v) is 11.6. The number of amides is 1. The van der Waals surface area contributed by atoms with Crippen molar-refractivity contribution in [2.24, 2.45) is 0 Å². The number of rotatable bonds is 8. The number of anilines is 1. The largest absolute Gasteiger partial charge is 0.494 e. The van der Waals surface area contributed by atoms with Gasteiger partial charge in [-0.3, -0.25) is 14.3 Å². The normalized spacial score (nSPS) is 10.8. The second-order valence-electron chi connectivity index (χ2n) is 7.52. The van der Waals surface area contributed by atoms with Crippen molar-refractivity contribution in [2.45, 2.75) is 25.9 Å². The first kappa shape index (κ1) is 22.5. The minimum absolute atomic E-state index is 0.121. The Balaban J connectivity index is 1.56. The molecule has 8 heteroatoms. The Hall–Kier alpha value is -3.65. The Kier molecular flexibility index (Phi) is 7.04. The van der Waals surface area contributed by atoms with Crippen LogP contribution in [0.4, 0.5) is 5.69 Å². The van der Waals surface area contributed by atoms with Gasteiger partial charge in [0, 0.05) is 23.6 Å². The van der Waals surface area contributed by atoms with E-state index in [9.17, 15) is 4.79 Å². The fourth-order valence-electron chi connectivity index (χ4n) is 3.49. The third-order valence-corrected chi connectivity index (χ3v) is 5.75. The number of thioether (sulfide) groups is 1. The number of hydrogen-bond acceptors (Lipinski definition) is 6. The number of carbonyl (C=O) groups is 1. The van der Waals surface area contributed by atoms with Crippen LogP contribution in [-0.2, 0) is 4.79 Å². The number of aromatic nitrogens is 4. The fraction of sp³-hybridized carbons (Fsp3) is 0.200. The van der Waals surface area contributed by atoms with Crippen LogP contribution in [-0.4, -0.2) is 38.0 Å². The second-order valence-corrected chi connectivity index (χ2v) is 8.46. The molecule has 0 atom stereocenters. The van der Waals surface area contributed by atoms with Crippen LogP contribution in [0.1, 0.15) is 18.1 Å². The third kappa shape index (κ3) is 5.59. The van der Waals surface area contributed by atoms with Crippen molar-refractivity contribution in [2.75, 3.05) is 17.7 Å². The summed E-state index contributed by atoms with van der Waals surface area (Å²) >= 11 is 1.34. The summed E-state index contributed by atoms with van der Waals surface area (Å²) < 4.78 is 7.43. The van der Waals surface area contributed by atoms with Gasteiger partial charge in [0.2, 0.25) is 5.91 Å². The minimum atomic E-state index is -0.121. The third-order valence-electron chi connectivity index (χ3n) is 4.82. The van der Waals surface area contributed by atoms with E-state index in [-0.39, 0.29) is 11.7 Å². The highest BCUT2D eigenvalue weighted by Crippen LogP contribution is 2.29. The number of aryl methyl sites for hydroxylation is 2. The second kappa shape index (κ2) is 10.3. The van der Waals surface area contributed by atoms with E-state index in [0.717, 1.165) is 33.8 Å². The molecule has 1 amide bonds. The van der Waals surface area contributed by atoms with Gasteiger partial charge in [-0.2, -0.15) is 0 Å². The molecule has 2 aromatic carbocycles. The van der Waals surface area contributed by atoms with Gasteiger partial charge in [0.25, 0.3) is 0 Å². The summed E-state index contributed by atoms with van der Waals surface area (Å²) in [7, 11) is 0. The Morgan fingerprint density at radius 3 is 2.36 bits per heavy atom. The Labute approximate surface area is 197 Å². The molecule has 0 bridgehead atoms. The number of nitrogens with one attached hydrogen (secondary N) is 1. The SMILES string of the molecule is CCOc1ccc(NC(=O)CSc2nnc(-c3ccncc3)n2-c2cc(C)cc(C)c2)cc1. The molecule has 4 aromatic rings. The zero-order valence-corrected chi connectivity index (χ0v) is 19.6. The molecular weight excluding hydrogens is 434 g/mol. The lowest BCUT2D eigenvalue weighted by Crippen LogP contribution is -2.14. The first-order valence-electron chi connectivity index (χ1n) is 10.6. The van der Waals surface area contributed by atoms with Crippen molar-refractivity contribution in [3.05, 3.63) is 78.1 Å². The lowest BCUT2D eigenvalue weighted by atomic mass is 10.1. The number of nitrogens with zero attached hydrogens (tertiary/aromatic N) is 4. The van der Waals surface area contributed by atoms with Gasteiger partial charge in [0.15, 0.2) is 11.0 Å². The predicted octanol–water partition coefficient (Wildman–Crippen LogP) is 5.08. The summed E-state index contributed by atoms with van der Waals surface area (Å²) in [5.41, 5.74) is 4.87. The molecule has 0 fully saturated rings. The van der Waals surface area contributed by atoms with Crippen molar-refractivity contribution in [3.8, 4) is 22.8 Å². The van der Waals surface area contributed by atoms with E-state index in [1.54, 1.807) is 12.4 Å². The van der Waals surface area contributed by atoms with Gasteiger partial charge in [0.1, 0.15) is 5.75 Å². The van der Waals surface area contributed by atoms with E-state index in [2.05, 4.69) is 52.5 Å². The summed E-state index contributed by atoms with van der Waals surface area (Å²) in [5, 5.41) is 12.4. The molecular formula is C25H25N5O2S. The lowest BCUT2D eigenvalue weighted by molar-refractivity contribution is -0.113. The van der Waals surface area contributed by atoms with E-state index in [0.29, 0.717) is 17.6 Å². The van der Waals surface area contributed by atoms with Crippen molar-refractivity contribution < 1.29 is 9.53 Å². The number of ether oxygens (including phenoxy) is 1. The summed E-state index contributed by atoms with van der Waals surface area (Å²) in [6, 6.07) is 17.4. The molecule has 2 aromatic heterocycles. The van der Waals surface area contributed by atoms with Crippen LogP contribution in [0.2, 0.25) is 0 Å². The van der Waals surface area contributed by atoms with Crippen LogP contribution >= 0.6 is 11.8 Å². The molecule has 0 radical (unpaired) electrons. The fourth-order valence-corrected chi connectivity index (χ4v) is 4.24. The zero-order chi connectivity index (χ0) is 23.2. The van der Waals surface area contributed by atoms with Crippen LogP contribution < -0.4 is 10.1 Å². The van der Waals surface area contributed by atoms with E-state index in [1.807, 2.05) is 47.9 Å². The standard InChI is InChI=1S/C25H25N5O2S/c1-4-32-22-7-5-20(6-8-22)27-23(31)16-33-25-29-28-24(19-9-11-26-12-10-19)30(25)21-14-17(2)13-18(3)15-21/h5-15H,4,16H2,1-3H3,(H,27,31). The molecule has 0 aliphatic carbocycles. The molecule has 0 spiro atoms. The summed E-state index contributed by atoms with van der Waals surface area (Å²) in [6.45, 7) is 6.66. The molecule has 4 rings (SSSR count). The van der Waals surface area contributed by atoms with E-state index in [4.69, 9.17) is 4.74 Å². The smallest absolute Gasteiger partial charge is 0.234 e. The highest BCUT2D eigenvalue weighted by molar-refractivity contribution is 7.99. The van der Waals surface area contributed by atoms with Gasteiger partial charge in [-0.1, -0.05) is 17.8 Å². The van der Waals surface area contributed by atoms with Crippen LogP contribution in [0.25, 0.3) is 17.1 Å². The van der Waals surface area contributed by atoms with E-state index < -0.39 is 0 Å². The molecule has 33 heavy (non-hydrogen) atoms. The number of benzene rings is 2. The maximum atomic E-state index is 12.6. The molecule has 0 aliphatic heterocycles. The first-order chi connectivity index (χ1) is 16.0. The van der Waals surface area contributed by atoms with Crippen LogP contribution in [0.3, 0.4) is 0 Å².